The SMILES string of the molecule is Cc1nc2c(nc1N1CCNCC1)CCNC2. The lowest BCUT2D eigenvalue weighted by Crippen LogP contribution is -2.44. The van der Waals surface area contributed by atoms with Crippen molar-refractivity contribution in [3.05, 3.63) is 17.1 Å². The van der Waals surface area contributed by atoms with Gasteiger partial charge < -0.3 is 15.5 Å². The minimum absolute atomic E-state index is 0.866. The van der Waals surface area contributed by atoms with E-state index in [4.69, 9.17) is 9.97 Å². The van der Waals surface area contributed by atoms with Crippen LogP contribution in [0.3, 0.4) is 0 Å². The Kier molecular flexibility index (Phi) is 2.94. The Balaban J connectivity index is 1.93. The minimum atomic E-state index is 0.866. The van der Waals surface area contributed by atoms with Crippen molar-refractivity contribution in [1.82, 2.24) is 20.6 Å². The van der Waals surface area contributed by atoms with Crippen molar-refractivity contribution >= 4 is 5.82 Å². The summed E-state index contributed by atoms with van der Waals surface area (Å²) in [5, 5.41) is 6.71. The highest BCUT2D eigenvalue weighted by molar-refractivity contribution is 5.45. The smallest absolute Gasteiger partial charge is 0.150 e. The van der Waals surface area contributed by atoms with Crippen LogP contribution >= 0.6 is 0 Å². The molecule has 1 saturated heterocycles. The van der Waals surface area contributed by atoms with Crippen LogP contribution in [0.1, 0.15) is 17.1 Å². The third kappa shape index (κ3) is 2.12. The van der Waals surface area contributed by atoms with Crippen LogP contribution in [0.15, 0.2) is 0 Å². The zero-order valence-electron chi connectivity index (χ0n) is 10.3. The second kappa shape index (κ2) is 4.58. The molecule has 0 saturated carbocycles. The standard InChI is InChI=1S/C12H19N5/c1-9-12(17-6-4-13-5-7-17)16-10-2-3-14-8-11(10)15-9/h13-14H,2-8H2,1H3. The Bertz CT molecular complexity index is 412. The molecule has 0 bridgehead atoms. The molecular formula is C12H19N5. The molecule has 0 amide bonds. The van der Waals surface area contributed by atoms with E-state index >= 15 is 0 Å². The molecule has 17 heavy (non-hydrogen) atoms. The maximum atomic E-state index is 4.83. The van der Waals surface area contributed by atoms with Gasteiger partial charge in [0.1, 0.15) is 5.82 Å². The van der Waals surface area contributed by atoms with Crippen molar-refractivity contribution in [2.75, 3.05) is 37.6 Å². The molecule has 3 rings (SSSR count). The van der Waals surface area contributed by atoms with E-state index in [0.29, 0.717) is 0 Å². The molecule has 5 heteroatoms. The predicted octanol–water partition coefficient (Wildman–Crippen LogP) is -0.160. The number of piperazine rings is 1. The van der Waals surface area contributed by atoms with Crippen LogP contribution in [0.5, 0.6) is 0 Å². The third-order valence-corrected chi connectivity index (χ3v) is 3.45. The summed E-state index contributed by atoms with van der Waals surface area (Å²) in [4.78, 5) is 11.9. The highest BCUT2D eigenvalue weighted by Gasteiger charge is 2.19. The molecule has 92 valence electrons. The van der Waals surface area contributed by atoms with E-state index in [9.17, 15) is 0 Å². The van der Waals surface area contributed by atoms with Gasteiger partial charge in [-0.15, -0.1) is 0 Å². The van der Waals surface area contributed by atoms with Gasteiger partial charge in [0, 0.05) is 45.7 Å². The predicted molar refractivity (Wildman–Crippen MR) is 67.3 cm³/mol. The van der Waals surface area contributed by atoms with Crippen LogP contribution in [0, 0.1) is 6.92 Å². The number of anilines is 1. The summed E-state index contributed by atoms with van der Waals surface area (Å²) in [6, 6.07) is 0. The van der Waals surface area contributed by atoms with Crippen LogP contribution in [0.25, 0.3) is 0 Å². The van der Waals surface area contributed by atoms with E-state index in [1.165, 1.54) is 5.69 Å². The highest BCUT2D eigenvalue weighted by Crippen LogP contribution is 2.20. The van der Waals surface area contributed by atoms with Crippen molar-refractivity contribution in [2.24, 2.45) is 0 Å². The first-order chi connectivity index (χ1) is 8.34. The molecular weight excluding hydrogens is 214 g/mol. The zero-order valence-corrected chi connectivity index (χ0v) is 10.3. The van der Waals surface area contributed by atoms with Gasteiger partial charge in [0.25, 0.3) is 0 Å². The number of aryl methyl sites for hydroxylation is 1. The Morgan fingerprint density at radius 1 is 1.00 bits per heavy atom. The Labute approximate surface area is 102 Å². The fourth-order valence-electron chi connectivity index (χ4n) is 2.52. The molecule has 0 atom stereocenters. The lowest BCUT2D eigenvalue weighted by Gasteiger charge is -2.30. The normalized spacial score (nSPS) is 20.2. The largest absolute Gasteiger partial charge is 0.353 e. The second-order valence-corrected chi connectivity index (χ2v) is 4.69. The van der Waals surface area contributed by atoms with Crippen LogP contribution < -0.4 is 15.5 Å². The molecule has 0 aromatic carbocycles. The summed E-state index contributed by atoms with van der Waals surface area (Å²) in [6.45, 7) is 8.11. The molecule has 1 aromatic heterocycles. The van der Waals surface area contributed by atoms with Crippen molar-refractivity contribution in [3.63, 3.8) is 0 Å². The molecule has 0 aliphatic carbocycles. The van der Waals surface area contributed by atoms with Gasteiger partial charge in [-0.1, -0.05) is 0 Å². The number of nitrogens with one attached hydrogen (secondary N) is 2. The average Bonchev–Trinajstić information content (AvgIpc) is 2.39. The van der Waals surface area contributed by atoms with Crippen LogP contribution in [0.2, 0.25) is 0 Å². The van der Waals surface area contributed by atoms with Gasteiger partial charge in [-0.25, -0.2) is 4.98 Å². The highest BCUT2D eigenvalue weighted by atomic mass is 15.2. The minimum Gasteiger partial charge on any atom is -0.353 e. The molecule has 1 aromatic rings. The maximum absolute atomic E-state index is 4.83. The zero-order chi connectivity index (χ0) is 11.7. The summed E-state index contributed by atoms with van der Waals surface area (Å²) in [5.41, 5.74) is 3.38. The fraction of sp³-hybridized carbons (Fsp3) is 0.667. The molecule has 2 aliphatic rings. The first-order valence-electron chi connectivity index (χ1n) is 6.37. The summed E-state index contributed by atoms with van der Waals surface area (Å²) < 4.78 is 0. The average molecular weight is 233 g/mol. The molecule has 0 unspecified atom stereocenters. The van der Waals surface area contributed by atoms with Gasteiger partial charge >= 0.3 is 0 Å². The molecule has 2 aliphatic heterocycles. The summed E-state index contributed by atoms with van der Waals surface area (Å²) >= 11 is 0. The second-order valence-electron chi connectivity index (χ2n) is 4.69. The number of rotatable bonds is 1. The Hall–Kier alpha value is -1.20. The van der Waals surface area contributed by atoms with E-state index in [0.717, 1.165) is 62.9 Å². The topological polar surface area (TPSA) is 53.1 Å². The van der Waals surface area contributed by atoms with E-state index in [-0.39, 0.29) is 0 Å². The first-order valence-corrected chi connectivity index (χ1v) is 6.37. The van der Waals surface area contributed by atoms with Gasteiger partial charge in [-0.3, -0.25) is 4.98 Å². The molecule has 0 radical (unpaired) electrons. The van der Waals surface area contributed by atoms with Crippen LogP contribution in [0.4, 0.5) is 5.82 Å². The summed E-state index contributed by atoms with van der Waals surface area (Å²) in [7, 11) is 0. The van der Waals surface area contributed by atoms with Gasteiger partial charge in [-0.2, -0.15) is 0 Å². The summed E-state index contributed by atoms with van der Waals surface area (Å²) in [5.74, 6) is 1.09. The summed E-state index contributed by atoms with van der Waals surface area (Å²) in [6.07, 6.45) is 1.00. The lowest BCUT2D eigenvalue weighted by atomic mass is 10.1. The number of aromatic nitrogens is 2. The van der Waals surface area contributed by atoms with E-state index < -0.39 is 0 Å². The van der Waals surface area contributed by atoms with Crippen LogP contribution in [-0.4, -0.2) is 42.7 Å². The van der Waals surface area contributed by atoms with Gasteiger partial charge in [0.15, 0.2) is 0 Å². The van der Waals surface area contributed by atoms with E-state index in [1.54, 1.807) is 0 Å². The van der Waals surface area contributed by atoms with Gasteiger partial charge in [0.05, 0.1) is 17.1 Å². The maximum Gasteiger partial charge on any atom is 0.150 e. The number of hydrogen-bond acceptors (Lipinski definition) is 5. The molecule has 1 fully saturated rings. The Morgan fingerprint density at radius 2 is 1.82 bits per heavy atom. The fourth-order valence-corrected chi connectivity index (χ4v) is 2.52. The number of fused-ring (bicyclic) bond motifs is 1. The molecule has 0 spiro atoms. The van der Waals surface area contributed by atoms with Gasteiger partial charge in [-0.05, 0) is 6.92 Å². The van der Waals surface area contributed by atoms with Gasteiger partial charge in [0.2, 0.25) is 0 Å². The van der Waals surface area contributed by atoms with Crippen molar-refractivity contribution in [3.8, 4) is 0 Å². The van der Waals surface area contributed by atoms with E-state index in [1.807, 2.05) is 0 Å². The molecule has 3 heterocycles. The quantitative estimate of drug-likeness (QED) is 0.706. The third-order valence-electron chi connectivity index (χ3n) is 3.45. The van der Waals surface area contributed by atoms with Crippen LogP contribution in [-0.2, 0) is 13.0 Å². The number of nitrogens with zero attached hydrogens (tertiary/aromatic N) is 3. The lowest BCUT2D eigenvalue weighted by molar-refractivity contribution is 0.573. The molecule has 5 nitrogen and oxygen atoms in total. The monoisotopic (exact) mass is 233 g/mol. The number of hydrogen-bond donors (Lipinski definition) is 2. The van der Waals surface area contributed by atoms with E-state index in [2.05, 4.69) is 22.5 Å². The first kappa shape index (κ1) is 10.9. The van der Waals surface area contributed by atoms with Crippen molar-refractivity contribution < 1.29 is 0 Å². The Morgan fingerprint density at radius 3 is 2.65 bits per heavy atom. The van der Waals surface area contributed by atoms with Crippen molar-refractivity contribution in [1.29, 1.82) is 0 Å². The van der Waals surface area contributed by atoms with Crippen molar-refractivity contribution in [2.45, 2.75) is 19.9 Å². The molecule has 2 N–H and O–H groups in total.